The number of anilines is 1. The van der Waals surface area contributed by atoms with Crippen LogP contribution in [0, 0.1) is 0 Å². The Morgan fingerprint density at radius 1 is 1.17 bits per heavy atom. The summed E-state index contributed by atoms with van der Waals surface area (Å²) >= 11 is 6.03. The van der Waals surface area contributed by atoms with E-state index in [1.54, 1.807) is 6.07 Å². The van der Waals surface area contributed by atoms with Crippen molar-refractivity contribution in [1.82, 2.24) is 14.8 Å². The number of benzene rings is 2. The third kappa shape index (κ3) is 2.63. The number of fused-ring (bicyclic) bond motifs is 2. The average molecular weight is 339 g/mol. The van der Waals surface area contributed by atoms with Gasteiger partial charge in [-0.05, 0) is 42.5 Å². The molecule has 0 fully saturated rings. The smallest absolute Gasteiger partial charge is 0.253 e. The minimum Gasteiger partial charge on any atom is -0.381 e. The molecule has 6 heteroatoms. The molecule has 0 saturated heterocycles. The number of pyridine rings is 1. The fourth-order valence-electron chi connectivity index (χ4n) is 2.81. The van der Waals surface area contributed by atoms with Gasteiger partial charge < -0.3 is 10.3 Å². The van der Waals surface area contributed by atoms with Crippen LogP contribution in [0.4, 0.5) is 5.69 Å². The molecule has 0 aliphatic heterocycles. The van der Waals surface area contributed by atoms with Crippen LogP contribution in [0.5, 0.6) is 0 Å². The van der Waals surface area contributed by atoms with Crippen molar-refractivity contribution in [2.24, 2.45) is 7.05 Å². The van der Waals surface area contributed by atoms with Gasteiger partial charge in [0.1, 0.15) is 0 Å². The molecule has 0 atom stereocenters. The SMILES string of the molecule is Cn1ncc2ccc(NCc3cc4cc(Cl)ccc4[nH]c3=O)cc21. The van der Waals surface area contributed by atoms with Crippen LogP contribution >= 0.6 is 11.6 Å². The molecule has 0 aliphatic rings. The third-order valence-corrected chi connectivity index (χ3v) is 4.35. The molecule has 2 N–H and O–H groups in total. The Labute approximate surface area is 142 Å². The lowest BCUT2D eigenvalue weighted by Gasteiger charge is -2.08. The summed E-state index contributed by atoms with van der Waals surface area (Å²) in [5, 5.41) is 10.2. The zero-order chi connectivity index (χ0) is 16.7. The van der Waals surface area contributed by atoms with Crippen LogP contribution in [0.15, 0.2) is 53.5 Å². The molecule has 0 bridgehead atoms. The quantitative estimate of drug-likeness (QED) is 0.599. The Morgan fingerprint density at radius 2 is 2.04 bits per heavy atom. The minimum absolute atomic E-state index is 0.0982. The van der Waals surface area contributed by atoms with Crippen LogP contribution in [-0.2, 0) is 13.6 Å². The molecule has 2 aromatic heterocycles. The number of hydrogen-bond acceptors (Lipinski definition) is 3. The number of hydrogen-bond donors (Lipinski definition) is 2. The first-order valence-corrected chi connectivity index (χ1v) is 7.95. The molecule has 24 heavy (non-hydrogen) atoms. The van der Waals surface area contributed by atoms with Gasteiger partial charge in [-0.25, -0.2) is 0 Å². The molecule has 0 amide bonds. The van der Waals surface area contributed by atoms with Crippen molar-refractivity contribution >= 4 is 39.1 Å². The molecule has 2 aromatic carbocycles. The van der Waals surface area contributed by atoms with E-state index in [0.717, 1.165) is 27.5 Å². The predicted molar refractivity (Wildman–Crippen MR) is 97.6 cm³/mol. The minimum atomic E-state index is -0.0982. The molecular formula is C18H15ClN4O. The zero-order valence-corrected chi connectivity index (χ0v) is 13.8. The Hall–Kier alpha value is -2.79. The average Bonchev–Trinajstić information content (AvgIpc) is 2.94. The summed E-state index contributed by atoms with van der Waals surface area (Å²) in [6.07, 6.45) is 1.83. The van der Waals surface area contributed by atoms with Gasteiger partial charge >= 0.3 is 0 Å². The van der Waals surface area contributed by atoms with Crippen molar-refractivity contribution in [2.45, 2.75) is 6.54 Å². The highest BCUT2D eigenvalue weighted by molar-refractivity contribution is 6.31. The number of nitrogens with one attached hydrogen (secondary N) is 2. The molecule has 4 aromatic rings. The molecule has 120 valence electrons. The molecule has 0 unspecified atom stereocenters. The van der Waals surface area contributed by atoms with Gasteiger partial charge in [-0.15, -0.1) is 0 Å². The summed E-state index contributed by atoms with van der Waals surface area (Å²) in [6.45, 7) is 0.432. The van der Waals surface area contributed by atoms with Crippen molar-refractivity contribution in [3.63, 3.8) is 0 Å². The van der Waals surface area contributed by atoms with E-state index in [9.17, 15) is 4.79 Å². The summed E-state index contributed by atoms with van der Waals surface area (Å²) in [6, 6.07) is 13.3. The molecule has 2 heterocycles. The van der Waals surface area contributed by atoms with Crippen molar-refractivity contribution in [3.8, 4) is 0 Å². The fraction of sp³-hybridized carbons (Fsp3) is 0.111. The van der Waals surface area contributed by atoms with E-state index >= 15 is 0 Å². The van der Waals surface area contributed by atoms with Crippen molar-refractivity contribution in [1.29, 1.82) is 0 Å². The monoisotopic (exact) mass is 338 g/mol. The number of aromatic nitrogens is 3. The van der Waals surface area contributed by atoms with Gasteiger partial charge in [0.15, 0.2) is 0 Å². The van der Waals surface area contributed by atoms with Gasteiger partial charge in [-0.3, -0.25) is 9.48 Å². The van der Waals surface area contributed by atoms with Crippen molar-refractivity contribution in [3.05, 3.63) is 69.6 Å². The second-order valence-electron chi connectivity index (χ2n) is 5.75. The molecule has 0 aliphatic carbocycles. The summed E-state index contributed by atoms with van der Waals surface area (Å²) in [7, 11) is 1.91. The summed E-state index contributed by atoms with van der Waals surface area (Å²) < 4.78 is 1.82. The topological polar surface area (TPSA) is 62.7 Å². The molecule has 4 rings (SSSR count). The summed E-state index contributed by atoms with van der Waals surface area (Å²) in [4.78, 5) is 15.1. The van der Waals surface area contributed by atoms with Crippen LogP contribution in [0.3, 0.4) is 0 Å². The van der Waals surface area contributed by atoms with Crippen LogP contribution in [0.2, 0.25) is 5.02 Å². The van der Waals surface area contributed by atoms with Gasteiger partial charge in [0.2, 0.25) is 0 Å². The zero-order valence-electron chi connectivity index (χ0n) is 13.0. The van der Waals surface area contributed by atoms with E-state index in [1.165, 1.54) is 0 Å². The van der Waals surface area contributed by atoms with E-state index in [-0.39, 0.29) is 5.56 Å². The Morgan fingerprint density at radius 3 is 2.92 bits per heavy atom. The Balaban J connectivity index is 1.64. The maximum Gasteiger partial charge on any atom is 0.253 e. The maximum atomic E-state index is 12.2. The summed E-state index contributed by atoms with van der Waals surface area (Å²) in [5.41, 5.74) is 3.33. The Bertz CT molecular complexity index is 1110. The maximum absolute atomic E-state index is 12.2. The van der Waals surface area contributed by atoms with E-state index < -0.39 is 0 Å². The lowest BCUT2D eigenvalue weighted by atomic mass is 10.1. The van der Waals surface area contributed by atoms with Gasteiger partial charge in [0, 0.05) is 46.2 Å². The number of halogens is 1. The lowest BCUT2D eigenvalue weighted by Crippen LogP contribution is -2.15. The van der Waals surface area contributed by atoms with Gasteiger partial charge in [-0.1, -0.05) is 11.6 Å². The van der Waals surface area contributed by atoms with E-state index in [2.05, 4.69) is 15.4 Å². The normalized spacial score (nSPS) is 11.2. The molecular weight excluding hydrogens is 324 g/mol. The van der Waals surface area contributed by atoms with Crippen LogP contribution in [-0.4, -0.2) is 14.8 Å². The summed E-state index contributed by atoms with van der Waals surface area (Å²) in [5.74, 6) is 0. The van der Waals surface area contributed by atoms with Crippen LogP contribution in [0.25, 0.3) is 21.8 Å². The Kier molecular flexibility index (Phi) is 3.50. The second kappa shape index (κ2) is 5.69. The van der Waals surface area contributed by atoms with E-state index in [1.807, 2.05) is 54.3 Å². The van der Waals surface area contributed by atoms with Gasteiger partial charge in [0.05, 0.1) is 11.7 Å². The molecule has 0 saturated carbocycles. The second-order valence-corrected chi connectivity index (χ2v) is 6.19. The number of rotatable bonds is 3. The third-order valence-electron chi connectivity index (χ3n) is 4.12. The fourth-order valence-corrected chi connectivity index (χ4v) is 2.99. The molecule has 0 spiro atoms. The standard InChI is InChI=1S/C18H15ClN4O/c1-23-17-8-15(4-2-11(17)10-21-23)20-9-13-6-12-7-14(19)3-5-16(12)22-18(13)24/h2-8,10,20H,9H2,1H3,(H,22,24). The first kappa shape index (κ1) is 14.8. The van der Waals surface area contributed by atoms with Crippen LogP contribution < -0.4 is 10.9 Å². The largest absolute Gasteiger partial charge is 0.381 e. The first-order valence-electron chi connectivity index (χ1n) is 7.57. The van der Waals surface area contributed by atoms with Crippen LogP contribution in [0.1, 0.15) is 5.56 Å². The highest BCUT2D eigenvalue weighted by atomic mass is 35.5. The number of H-pyrrole nitrogens is 1. The lowest BCUT2D eigenvalue weighted by molar-refractivity contribution is 0.797. The highest BCUT2D eigenvalue weighted by Gasteiger charge is 2.05. The van der Waals surface area contributed by atoms with Gasteiger partial charge in [0.25, 0.3) is 5.56 Å². The number of aromatic amines is 1. The van der Waals surface area contributed by atoms with Gasteiger partial charge in [-0.2, -0.15) is 5.10 Å². The molecule has 5 nitrogen and oxygen atoms in total. The predicted octanol–water partition coefficient (Wildman–Crippen LogP) is 3.68. The molecule has 0 radical (unpaired) electrons. The van der Waals surface area contributed by atoms with Crippen molar-refractivity contribution < 1.29 is 0 Å². The van der Waals surface area contributed by atoms with E-state index in [0.29, 0.717) is 17.1 Å². The van der Waals surface area contributed by atoms with E-state index in [4.69, 9.17) is 11.6 Å². The van der Waals surface area contributed by atoms with Crippen molar-refractivity contribution in [2.75, 3.05) is 5.32 Å². The number of aryl methyl sites for hydroxylation is 1. The number of nitrogens with zero attached hydrogens (tertiary/aromatic N) is 2. The highest BCUT2D eigenvalue weighted by Crippen LogP contribution is 2.20. The first-order chi connectivity index (χ1) is 11.6.